The summed E-state index contributed by atoms with van der Waals surface area (Å²) in [6.45, 7) is 3.24. The van der Waals surface area contributed by atoms with E-state index in [9.17, 15) is 13.2 Å². The van der Waals surface area contributed by atoms with Crippen molar-refractivity contribution in [3.63, 3.8) is 0 Å². The molecule has 2 heterocycles. The fourth-order valence-electron chi connectivity index (χ4n) is 3.43. The van der Waals surface area contributed by atoms with Crippen LogP contribution >= 0.6 is 24.0 Å². The molecule has 176 valence electrons. The van der Waals surface area contributed by atoms with Crippen LogP contribution in [0.3, 0.4) is 0 Å². The maximum absolute atomic E-state index is 12.3. The molecule has 1 fully saturated rings. The van der Waals surface area contributed by atoms with Gasteiger partial charge in [0.25, 0.3) is 0 Å². The monoisotopic (exact) mass is 563 g/mol. The summed E-state index contributed by atoms with van der Waals surface area (Å²) in [5, 5.41) is 6.53. The van der Waals surface area contributed by atoms with Crippen LogP contribution in [0.25, 0.3) is 0 Å². The van der Waals surface area contributed by atoms with Crippen molar-refractivity contribution in [1.82, 2.24) is 15.6 Å². The van der Waals surface area contributed by atoms with Crippen LogP contribution in [0.5, 0.6) is 5.88 Å². The Morgan fingerprint density at radius 2 is 1.97 bits per heavy atom. The number of nitrogens with zero attached hydrogens (tertiary/aromatic N) is 3. The van der Waals surface area contributed by atoms with Gasteiger partial charge in [-0.1, -0.05) is 12.1 Å². The SMILES string of the molecule is CN=C(NCc1ccnc(OCC(F)(F)F)c1)NC(C)c1cccc(N2CCCC2)c1.I. The highest BCUT2D eigenvalue weighted by atomic mass is 127. The highest BCUT2D eigenvalue weighted by molar-refractivity contribution is 14.0. The quantitative estimate of drug-likeness (QED) is 0.292. The van der Waals surface area contributed by atoms with Gasteiger partial charge in [0, 0.05) is 44.6 Å². The van der Waals surface area contributed by atoms with E-state index in [4.69, 9.17) is 4.74 Å². The van der Waals surface area contributed by atoms with Crippen LogP contribution in [0.15, 0.2) is 47.6 Å². The van der Waals surface area contributed by atoms with E-state index in [1.165, 1.54) is 30.8 Å². The molecule has 1 aliphatic heterocycles. The molecule has 2 N–H and O–H groups in total. The summed E-state index contributed by atoms with van der Waals surface area (Å²) in [4.78, 5) is 10.5. The van der Waals surface area contributed by atoms with Crippen molar-refractivity contribution in [2.45, 2.75) is 38.5 Å². The van der Waals surface area contributed by atoms with Gasteiger partial charge in [0.05, 0.1) is 6.04 Å². The molecule has 1 aromatic carbocycles. The zero-order valence-corrected chi connectivity index (χ0v) is 20.5. The largest absolute Gasteiger partial charge is 0.468 e. The predicted molar refractivity (Wildman–Crippen MR) is 131 cm³/mol. The van der Waals surface area contributed by atoms with E-state index in [1.54, 1.807) is 13.1 Å². The van der Waals surface area contributed by atoms with Crippen LogP contribution in [0.2, 0.25) is 0 Å². The molecule has 0 amide bonds. The second-order valence-corrected chi connectivity index (χ2v) is 7.49. The number of aliphatic imine (C=N–C) groups is 1. The van der Waals surface area contributed by atoms with Gasteiger partial charge < -0.3 is 20.3 Å². The van der Waals surface area contributed by atoms with Crippen molar-refractivity contribution in [1.29, 1.82) is 0 Å². The van der Waals surface area contributed by atoms with Gasteiger partial charge in [-0.25, -0.2) is 4.98 Å². The predicted octanol–water partition coefficient (Wildman–Crippen LogP) is 4.67. The van der Waals surface area contributed by atoms with Gasteiger partial charge in [0.2, 0.25) is 5.88 Å². The van der Waals surface area contributed by atoms with Gasteiger partial charge in [-0.05, 0) is 49.1 Å². The first-order chi connectivity index (χ1) is 14.8. The lowest BCUT2D eigenvalue weighted by molar-refractivity contribution is -0.154. The molecular formula is C22H29F3IN5O. The summed E-state index contributed by atoms with van der Waals surface area (Å²) in [5.74, 6) is 0.528. The molecular weight excluding hydrogens is 534 g/mol. The third-order valence-corrected chi connectivity index (χ3v) is 5.06. The highest BCUT2D eigenvalue weighted by Crippen LogP contribution is 2.24. The molecule has 1 aliphatic rings. The summed E-state index contributed by atoms with van der Waals surface area (Å²) in [5.41, 5.74) is 3.12. The van der Waals surface area contributed by atoms with Crippen LogP contribution < -0.4 is 20.3 Å². The van der Waals surface area contributed by atoms with Crippen molar-refractivity contribution in [2.75, 3.05) is 31.6 Å². The van der Waals surface area contributed by atoms with Crippen LogP contribution in [0.1, 0.15) is 36.9 Å². The van der Waals surface area contributed by atoms with E-state index in [-0.39, 0.29) is 35.9 Å². The first kappa shape index (κ1) is 26.0. The Morgan fingerprint density at radius 3 is 2.66 bits per heavy atom. The van der Waals surface area contributed by atoms with Crippen molar-refractivity contribution in [3.05, 3.63) is 53.7 Å². The number of anilines is 1. The van der Waals surface area contributed by atoms with E-state index in [1.807, 2.05) is 0 Å². The smallest absolute Gasteiger partial charge is 0.422 e. The summed E-state index contributed by atoms with van der Waals surface area (Å²) in [6.07, 6.45) is -0.519. The molecule has 2 aromatic rings. The third-order valence-electron chi connectivity index (χ3n) is 5.06. The average Bonchev–Trinajstić information content (AvgIpc) is 3.30. The number of alkyl halides is 3. The molecule has 1 saturated heterocycles. The van der Waals surface area contributed by atoms with Gasteiger partial charge >= 0.3 is 6.18 Å². The molecule has 0 bridgehead atoms. The lowest BCUT2D eigenvalue weighted by Crippen LogP contribution is -2.38. The maximum atomic E-state index is 12.3. The van der Waals surface area contributed by atoms with Crippen molar-refractivity contribution < 1.29 is 17.9 Å². The molecule has 1 aromatic heterocycles. The topological polar surface area (TPSA) is 61.8 Å². The molecule has 0 saturated carbocycles. The minimum absolute atomic E-state index is 0. The minimum atomic E-state index is -4.40. The van der Waals surface area contributed by atoms with Crippen molar-refractivity contribution >= 4 is 35.6 Å². The lowest BCUT2D eigenvalue weighted by Gasteiger charge is -2.22. The standard InChI is InChI=1S/C22H28F3N5O.HI/c1-16(18-6-5-7-19(13-18)30-10-3-4-11-30)29-21(26-2)28-14-17-8-9-27-20(12-17)31-15-22(23,24)25;/h5-9,12-13,16H,3-4,10-11,14-15H2,1-2H3,(H2,26,28,29);1H. The number of nitrogens with one attached hydrogen (secondary N) is 2. The normalized spacial score (nSPS) is 15.2. The summed E-state index contributed by atoms with van der Waals surface area (Å²) in [6, 6.07) is 11.7. The minimum Gasteiger partial charge on any atom is -0.468 e. The van der Waals surface area contributed by atoms with E-state index in [2.05, 4.69) is 56.7 Å². The number of guanidine groups is 1. The fraction of sp³-hybridized carbons (Fsp3) is 0.455. The molecule has 3 rings (SSSR count). The number of hydrogen-bond donors (Lipinski definition) is 2. The van der Waals surface area contributed by atoms with Gasteiger partial charge in [0.1, 0.15) is 0 Å². The maximum Gasteiger partial charge on any atom is 0.422 e. The number of ether oxygens (including phenoxy) is 1. The Hall–Kier alpha value is -2.24. The van der Waals surface area contributed by atoms with E-state index >= 15 is 0 Å². The van der Waals surface area contributed by atoms with Gasteiger partial charge in [0.15, 0.2) is 12.6 Å². The molecule has 1 unspecified atom stereocenters. The van der Waals surface area contributed by atoms with Crippen LogP contribution in [0, 0.1) is 0 Å². The highest BCUT2D eigenvalue weighted by Gasteiger charge is 2.28. The van der Waals surface area contributed by atoms with E-state index < -0.39 is 12.8 Å². The number of halogens is 4. The molecule has 0 spiro atoms. The van der Waals surface area contributed by atoms with Crippen molar-refractivity contribution in [2.24, 2.45) is 4.99 Å². The Labute approximate surface area is 203 Å². The number of pyridine rings is 1. The second-order valence-electron chi connectivity index (χ2n) is 7.49. The van der Waals surface area contributed by atoms with Crippen molar-refractivity contribution in [3.8, 4) is 5.88 Å². The number of benzene rings is 1. The molecule has 10 heteroatoms. The molecule has 0 radical (unpaired) electrons. The average molecular weight is 563 g/mol. The lowest BCUT2D eigenvalue weighted by atomic mass is 10.1. The first-order valence-electron chi connectivity index (χ1n) is 10.3. The summed E-state index contributed by atoms with van der Waals surface area (Å²) >= 11 is 0. The third kappa shape index (κ3) is 8.03. The number of aromatic nitrogens is 1. The number of rotatable bonds is 7. The molecule has 0 aliphatic carbocycles. The summed E-state index contributed by atoms with van der Waals surface area (Å²) in [7, 11) is 1.67. The van der Waals surface area contributed by atoms with Crippen LogP contribution in [-0.4, -0.2) is 43.9 Å². The fourth-order valence-corrected chi connectivity index (χ4v) is 3.43. The molecule has 6 nitrogen and oxygen atoms in total. The Morgan fingerprint density at radius 1 is 1.22 bits per heavy atom. The number of hydrogen-bond acceptors (Lipinski definition) is 4. The Bertz CT molecular complexity index is 888. The Kier molecular flexibility index (Phi) is 9.85. The Balaban J connectivity index is 0.00000363. The second kappa shape index (κ2) is 12.1. The van der Waals surface area contributed by atoms with Crippen LogP contribution in [0.4, 0.5) is 18.9 Å². The zero-order chi connectivity index (χ0) is 22.3. The molecule has 1 atom stereocenters. The first-order valence-corrected chi connectivity index (χ1v) is 10.3. The van der Waals surface area contributed by atoms with Gasteiger partial charge in [-0.15, -0.1) is 24.0 Å². The summed E-state index contributed by atoms with van der Waals surface area (Å²) < 4.78 is 41.7. The van der Waals surface area contributed by atoms with Gasteiger partial charge in [-0.2, -0.15) is 13.2 Å². The van der Waals surface area contributed by atoms with Gasteiger partial charge in [-0.3, -0.25) is 4.99 Å². The zero-order valence-electron chi connectivity index (χ0n) is 18.2. The van der Waals surface area contributed by atoms with Crippen LogP contribution in [-0.2, 0) is 6.54 Å². The molecule has 32 heavy (non-hydrogen) atoms. The van der Waals surface area contributed by atoms with E-state index in [0.717, 1.165) is 24.2 Å². The van der Waals surface area contributed by atoms with E-state index in [0.29, 0.717) is 12.5 Å².